The number of sulfonamides is 1. The van der Waals surface area contributed by atoms with Crippen molar-refractivity contribution in [1.82, 2.24) is 4.98 Å². The SMILES string of the molecule is Cc1ccc(NS(=O)(=O)c2cc(CO)ccc2F)cn1. The molecule has 0 aliphatic heterocycles. The molecule has 0 spiro atoms. The minimum Gasteiger partial charge on any atom is -0.392 e. The average Bonchev–Trinajstić information content (AvgIpc) is 2.41. The fourth-order valence-electron chi connectivity index (χ4n) is 1.59. The molecule has 0 saturated carbocycles. The summed E-state index contributed by atoms with van der Waals surface area (Å²) in [4.78, 5) is 3.44. The van der Waals surface area contributed by atoms with Crippen molar-refractivity contribution in [2.75, 3.05) is 4.72 Å². The molecule has 1 heterocycles. The Hall–Kier alpha value is -1.99. The molecular formula is C13H13FN2O3S. The summed E-state index contributed by atoms with van der Waals surface area (Å²) in [5.74, 6) is -0.880. The molecule has 0 saturated heterocycles. The van der Waals surface area contributed by atoms with Crippen molar-refractivity contribution < 1.29 is 17.9 Å². The maximum absolute atomic E-state index is 13.7. The number of aliphatic hydroxyl groups is 1. The lowest BCUT2D eigenvalue weighted by atomic mass is 10.2. The van der Waals surface area contributed by atoms with Crippen LogP contribution in [0.4, 0.5) is 10.1 Å². The molecule has 0 aliphatic carbocycles. The molecule has 0 bridgehead atoms. The van der Waals surface area contributed by atoms with Crippen molar-refractivity contribution in [1.29, 1.82) is 0 Å². The van der Waals surface area contributed by atoms with Gasteiger partial charge < -0.3 is 5.11 Å². The zero-order chi connectivity index (χ0) is 14.8. The molecule has 5 nitrogen and oxygen atoms in total. The zero-order valence-electron chi connectivity index (χ0n) is 10.7. The topological polar surface area (TPSA) is 79.3 Å². The molecule has 0 aliphatic rings. The molecule has 7 heteroatoms. The van der Waals surface area contributed by atoms with E-state index < -0.39 is 20.7 Å². The van der Waals surface area contributed by atoms with Crippen molar-refractivity contribution in [3.8, 4) is 0 Å². The lowest BCUT2D eigenvalue weighted by molar-refractivity contribution is 0.281. The first kappa shape index (κ1) is 14.4. The number of aliphatic hydroxyl groups excluding tert-OH is 1. The number of benzene rings is 1. The number of nitrogens with zero attached hydrogens (tertiary/aromatic N) is 1. The van der Waals surface area contributed by atoms with Gasteiger partial charge in [0, 0.05) is 5.69 Å². The first-order chi connectivity index (χ1) is 9.42. The highest BCUT2D eigenvalue weighted by Gasteiger charge is 2.19. The number of nitrogens with one attached hydrogen (secondary N) is 1. The highest BCUT2D eigenvalue weighted by atomic mass is 32.2. The van der Waals surface area contributed by atoms with E-state index in [0.29, 0.717) is 5.56 Å². The maximum Gasteiger partial charge on any atom is 0.264 e. The predicted molar refractivity (Wildman–Crippen MR) is 72.1 cm³/mol. The Kier molecular flexibility index (Phi) is 4.01. The van der Waals surface area contributed by atoms with Crippen LogP contribution in [0, 0.1) is 12.7 Å². The summed E-state index contributed by atoms with van der Waals surface area (Å²) >= 11 is 0. The van der Waals surface area contributed by atoms with E-state index in [1.807, 2.05) is 0 Å². The minimum absolute atomic E-state index is 0.240. The molecular weight excluding hydrogens is 283 g/mol. The summed E-state index contributed by atoms with van der Waals surface area (Å²) in [5.41, 5.74) is 1.29. The molecule has 106 valence electrons. The van der Waals surface area contributed by atoms with E-state index in [2.05, 4.69) is 9.71 Å². The number of halogens is 1. The predicted octanol–water partition coefficient (Wildman–Crippen LogP) is 1.82. The number of aryl methyl sites for hydroxylation is 1. The number of anilines is 1. The average molecular weight is 296 g/mol. The van der Waals surface area contributed by atoms with E-state index in [1.54, 1.807) is 13.0 Å². The fraction of sp³-hybridized carbons (Fsp3) is 0.154. The molecule has 2 N–H and O–H groups in total. The van der Waals surface area contributed by atoms with Gasteiger partial charge in [-0.2, -0.15) is 0 Å². The monoisotopic (exact) mass is 296 g/mol. The van der Waals surface area contributed by atoms with Gasteiger partial charge in [0.15, 0.2) is 0 Å². The second kappa shape index (κ2) is 5.56. The van der Waals surface area contributed by atoms with Crippen LogP contribution in [0.2, 0.25) is 0 Å². The van der Waals surface area contributed by atoms with E-state index in [9.17, 15) is 12.8 Å². The zero-order valence-corrected chi connectivity index (χ0v) is 11.5. The quantitative estimate of drug-likeness (QED) is 0.902. The summed E-state index contributed by atoms with van der Waals surface area (Å²) in [5, 5.41) is 8.99. The van der Waals surface area contributed by atoms with Gasteiger partial charge in [0.1, 0.15) is 10.7 Å². The number of hydrogen-bond donors (Lipinski definition) is 2. The molecule has 2 rings (SSSR count). The van der Waals surface area contributed by atoms with Crippen LogP contribution in [0.1, 0.15) is 11.3 Å². The molecule has 0 atom stereocenters. The van der Waals surface area contributed by atoms with Gasteiger partial charge in [0.05, 0.1) is 18.5 Å². The molecule has 1 aromatic heterocycles. The molecule has 2 aromatic rings. The molecule has 0 amide bonds. The van der Waals surface area contributed by atoms with Crippen LogP contribution < -0.4 is 4.72 Å². The summed E-state index contributed by atoms with van der Waals surface area (Å²) in [6.45, 7) is 1.40. The van der Waals surface area contributed by atoms with Crippen LogP contribution in [-0.2, 0) is 16.6 Å². The largest absolute Gasteiger partial charge is 0.392 e. The van der Waals surface area contributed by atoms with Gasteiger partial charge in [-0.1, -0.05) is 6.07 Å². The first-order valence-corrected chi connectivity index (χ1v) is 7.25. The highest BCUT2D eigenvalue weighted by molar-refractivity contribution is 7.92. The molecule has 1 aromatic carbocycles. The van der Waals surface area contributed by atoms with Crippen molar-refractivity contribution in [2.24, 2.45) is 0 Å². The van der Waals surface area contributed by atoms with Crippen molar-refractivity contribution in [3.63, 3.8) is 0 Å². The van der Waals surface area contributed by atoms with Crippen LogP contribution in [0.3, 0.4) is 0 Å². The maximum atomic E-state index is 13.7. The first-order valence-electron chi connectivity index (χ1n) is 5.77. The Morgan fingerprint density at radius 3 is 2.65 bits per heavy atom. The highest BCUT2D eigenvalue weighted by Crippen LogP contribution is 2.20. The van der Waals surface area contributed by atoms with Gasteiger partial charge in [0.25, 0.3) is 10.0 Å². The van der Waals surface area contributed by atoms with Crippen molar-refractivity contribution in [2.45, 2.75) is 18.4 Å². The van der Waals surface area contributed by atoms with Gasteiger partial charge in [-0.25, -0.2) is 12.8 Å². The van der Waals surface area contributed by atoms with Gasteiger partial charge in [0.2, 0.25) is 0 Å². The molecule has 0 radical (unpaired) electrons. The standard InChI is InChI=1S/C13H13FN2O3S/c1-9-2-4-11(7-15-9)16-20(18,19)13-6-10(8-17)3-5-12(13)14/h2-7,16-17H,8H2,1H3. The second-order valence-electron chi connectivity index (χ2n) is 4.22. The van der Waals surface area contributed by atoms with Gasteiger partial charge in [-0.3, -0.25) is 9.71 Å². The van der Waals surface area contributed by atoms with E-state index in [1.165, 1.54) is 18.3 Å². The molecule has 20 heavy (non-hydrogen) atoms. The Bertz CT molecular complexity index is 715. The Labute approximate surface area is 116 Å². The number of pyridine rings is 1. The van der Waals surface area contributed by atoms with Gasteiger partial charge >= 0.3 is 0 Å². The van der Waals surface area contributed by atoms with E-state index in [0.717, 1.165) is 17.8 Å². The number of hydrogen-bond acceptors (Lipinski definition) is 4. The Morgan fingerprint density at radius 1 is 1.30 bits per heavy atom. The summed E-state index contributed by atoms with van der Waals surface area (Å²) in [6, 6.07) is 6.60. The van der Waals surface area contributed by atoms with Crippen LogP contribution in [0.15, 0.2) is 41.4 Å². The lowest BCUT2D eigenvalue weighted by Gasteiger charge is -2.09. The van der Waals surface area contributed by atoms with Crippen LogP contribution in [-0.4, -0.2) is 18.5 Å². The number of aromatic nitrogens is 1. The summed E-state index contributed by atoms with van der Waals surface area (Å²) in [7, 11) is -4.07. The van der Waals surface area contributed by atoms with Crippen LogP contribution in [0.5, 0.6) is 0 Å². The summed E-state index contributed by atoms with van der Waals surface area (Å²) < 4.78 is 40.1. The van der Waals surface area contributed by atoms with Crippen molar-refractivity contribution in [3.05, 3.63) is 53.6 Å². The molecule has 0 fully saturated rings. The third-order valence-corrected chi connectivity index (χ3v) is 4.03. The van der Waals surface area contributed by atoms with E-state index >= 15 is 0 Å². The lowest BCUT2D eigenvalue weighted by Crippen LogP contribution is -2.15. The second-order valence-corrected chi connectivity index (χ2v) is 5.87. The van der Waals surface area contributed by atoms with Crippen molar-refractivity contribution >= 4 is 15.7 Å². The van der Waals surface area contributed by atoms with E-state index in [-0.39, 0.29) is 12.3 Å². The third kappa shape index (κ3) is 3.12. The van der Waals surface area contributed by atoms with Crippen LogP contribution in [0.25, 0.3) is 0 Å². The summed E-state index contributed by atoms with van der Waals surface area (Å²) in [6.07, 6.45) is 1.35. The smallest absolute Gasteiger partial charge is 0.264 e. The third-order valence-electron chi connectivity index (χ3n) is 2.63. The molecule has 0 unspecified atom stereocenters. The van der Waals surface area contributed by atoms with Gasteiger partial charge in [-0.05, 0) is 36.8 Å². The minimum atomic E-state index is -4.07. The Morgan fingerprint density at radius 2 is 2.05 bits per heavy atom. The fourth-order valence-corrected chi connectivity index (χ4v) is 2.76. The van der Waals surface area contributed by atoms with Crippen LogP contribution >= 0.6 is 0 Å². The van der Waals surface area contributed by atoms with Gasteiger partial charge in [-0.15, -0.1) is 0 Å². The normalized spacial score (nSPS) is 11.3. The Balaban J connectivity index is 2.37. The van der Waals surface area contributed by atoms with E-state index in [4.69, 9.17) is 5.11 Å². The number of rotatable bonds is 4.